The highest BCUT2D eigenvalue weighted by atomic mass is 16.6. The van der Waals surface area contributed by atoms with Crippen molar-refractivity contribution in [1.82, 2.24) is 9.97 Å². The Morgan fingerprint density at radius 2 is 2.17 bits per heavy atom. The fraction of sp³-hybridized carbons (Fsp3) is 0.600. The summed E-state index contributed by atoms with van der Waals surface area (Å²) in [4.78, 5) is 19.7. The summed E-state index contributed by atoms with van der Waals surface area (Å²) in [7, 11) is 0. The molecule has 0 amide bonds. The van der Waals surface area contributed by atoms with Gasteiger partial charge in [0, 0.05) is 13.1 Å². The van der Waals surface area contributed by atoms with E-state index in [4.69, 9.17) is 5.73 Å². The molecule has 98 valence electrons. The van der Waals surface area contributed by atoms with E-state index >= 15 is 0 Å². The highest BCUT2D eigenvalue weighted by molar-refractivity contribution is 5.58. The molecular formula is C10H15N5O3. The zero-order valence-corrected chi connectivity index (χ0v) is 10.0. The number of nitrogens with two attached hydrogens (primary N) is 1. The lowest BCUT2D eigenvalue weighted by Gasteiger charge is -2.36. The SMILES string of the molecule is CC1(O)CCN(c2nc(N)ncc2[N+](=O)[O-])CC1. The lowest BCUT2D eigenvalue weighted by atomic mass is 9.94. The van der Waals surface area contributed by atoms with Crippen LogP contribution in [-0.4, -0.2) is 38.7 Å². The minimum atomic E-state index is -0.718. The molecule has 0 aliphatic carbocycles. The summed E-state index contributed by atoms with van der Waals surface area (Å²) in [6.07, 6.45) is 2.19. The average molecular weight is 253 g/mol. The van der Waals surface area contributed by atoms with Crippen molar-refractivity contribution in [2.45, 2.75) is 25.4 Å². The molecular weight excluding hydrogens is 238 g/mol. The Morgan fingerprint density at radius 3 is 2.72 bits per heavy atom. The van der Waals surface area contributed by atoms with Crippen molar-refractivity contribution >= 4 is 17.5 Å². The van der Waals surface area contributed by atoms with Gasteiger partial charge in [-0.1, -0.05) is 0 Å². The standard InChI is InChI=1S/C10H15N5O3/c1-10(16)2-4-14(5-3-10)8-7(15(17)18)6-12-9(11)13-8/h6,16H,2-5H2,1H3,(H2,11,12,13). The second-order valence-electron chi connectivity index (χ2n) is 4.68. The van der Waals surface area contributed by atoms with Gasteiger partial charge in [-0.25, -0.2) is 4.98 Å². The van der Waals surface area contributed by atoms with E-state index in [-0.39, 0.29) is 17.5 Å². The van der Waals surface area contributed by atoms with Crippen LogP contribution in [0.15, 0.2) is 6.20 Å². The van der Waals surface area contributed by atoms with Crippen LogP contribution in [0.1, 0.15) is 19.8 Å². The normalized spacial score (nSPS) is 18.7. The molecule has 8 heteroatoms. The topological polar surface area (TPSA) is 118 Å². The molecule has 0 spiro atoms. The minimum Gasteiger partial charge on any atom is -0.390 e. The molecule has 0 unspecified atom stereocenters. The maximum Gasteiger partial charge on any atom is 0.329 e. The fourth-order valence-corrected chi connectivity index (χ4v) is 1.94. The van der Waals surface area contributed by atoms with Crippen LogP contribution < -0.4 is 10.6 Å². The van der Waals surface area contributed by atoms with E-state index in [9.17, 15) is 15.2 Å². The van der Waals surface area contributed by atoms with Crippen LogP contribution in [0.2, 0.25) is 0 Å². The van der Waals surface area contributed by atoms with Crippen LogP contribution in [0.5, 0.6) is 0 Å². The average Bonchev–Trinajstić information content (AvgIpc) is 2.28. The van der Waals surface area contributed by atoms with Crippen molar-refractivity contribution in [1.29, 1.82) is 0 Å². The van der Waals surface area contributed by atoms with E-state index in [0.717, 1.165) is 6.20 Å². The van der Waals surface area contributed by atoms with Gasteiger partial charge >= 0.3 is 5.69 Å². The number of rotatable bonds is 2. The molecule has 18 heavy (non-hydrogen) atoms. The number of hydrogen-bond acceptors (Lipinski definition) is 7. The van der Waals surface area contributed by atoms with Crippen LogP contribution in [-0.2, 0) is 0 Å². The van der Waals surface area contributed by atoms with Gasteiger partial charge in [0.25, 0.3) is 0 Å². The van der Waals surface area contributed by atoms with Gasteiger partial charge in [0.2, 0.25) is 11.8 Å². The first-order chi connectivity index (χ1) is 8.39. The van der Waals surface area contributed by atoms with E-state index in [2.05, 4.69) is 9.97 Å². The third-order valence-electron chi connectivity index (χ3n) is 3.11. The Kier molecular flexibility index (Phi) is 3.04. The molecule has 8 nitrogen and oxygen atoms in total. The van der Waals surface area contributed by atoms with E-state index in [1.807, 2.05) is 0 Å². The highest BCUT2D eigenvalue weighted by Crippen LogP contribution is 2.30. The summed E-state index contributed by atoms with van der Waals surface area (Å²) in [5.74, 6) is 0.232. The highest BCUT2D eigenvalue weighted by Gasteiger charge is 2.31. The van der Waals surface area contributed by atoms with Crippen molar-refractivity contribution in [3.8, 4) is 0 Å². The number of nitro groups is 1. The Labute approximate surface area is 104 Å². The molecule has 1 aromatic heterocycles. The lowest BCUT2D eigenvalue weighted by Crippen LogP contribution is -2.43. The summed E-state index contributed by atoms with van der Waals surface area (Å²) >= 11 is 0. The van der Waals surface area contributed by atoms with E-state index < -0.39 is 10.5 Å². The Morgan fingerprint density at radius 1 is 1.56 bits per heavy atom. The smallest absolute Gasteiger partial charge is 0.329 e. The first kappa shape index (κ1) is 12.5. The van der Waals surface area contributed by atoms with Gasteiger partial charge in [-0.3, -0.25) is 10.1 Å². The van der Waals surface area contributed by atoms with Crippen molar-refractivity contribution in [3.05, 3.63) is 16.3 Å². The number of piperidine rings is 1. The largest absolute Gasteiger partial charge is 0.390 e. The van der Waals surface area contributed by atoms with Gasteiger partial charge in [0.1, 0.15) is 6.20 Å². The summed E-state index contributed by atoms with van der Waals surface area (Å²) in [6, 6.07) is 0. The van der Waals surface area contributed by atoms with E-state index in [0.29, 0.717) is 25.9 Å². The molecule has 3 N–H and O–H groups in total. The number of nitrogens with zero attached hydrogens (tertiary/aromatic N) is 4. The molecule has 1 saturated heterocycles. The molecule has 0 atom stereocenters. The molecule has 0 radical (unpaired) electrons. The molecule has 1 aromatic rings. The third kappa shape index (κ3) is 2.48. The summed E-state index contributed by atoms with van der Waals surface area (Å²) in [5.41, 5.74) is 4.59. The van der Waals surface area contributed by atoms with Crippen molar-refractivity contribution in [2.75, 3.05) is 23.7 Å². The van der Waals surface area contributed by atoms with Crippen LogP contribution >= 0.6 is 0 Å². The predicted molar refractivity (Wildman–Crippen MR) is 65.2 cm³/mol. The summed E-state index contributed by atoms with van der Waals surface area (Å²) in [5, 5.41) is 20.8. The maximum absolute atomic E-state index is 10.9. The zero-order valence-electron chi connectivity index (χ0n) is 10.0. The summed E-state index contributed by atoms with van der Waals surface area (Å²) in [6.45, 7) is 2.77. The van der Waals surface area contributed by atoms with Gasteiger partial charge in [-0.05, 0) is 19.8 Å². The van der Waals surface area contributed by atoms with Crippen molar-refractivity contribution in [3.63, 3.8) is 0 Å². The van der Waals surface area contributed by atoms with Gasteiger partial charge in [-0.15, -0.1) is 0 Å². The fourth-order valence-electron chi connectivity index (χ4n) is 1.94. The summed E-state index contributed by atoms with van der Waals surface area (Å²) < 4.78 is 0. The van der Waals surface area contributed by atoms with Gasteiger partial charge in [0.15, 0.2) is 0 Å². The van der Waals surface area contributed by atoms with E-state index in [1.165, 1.54) is 0 Å². The van der Waals surface area contributed by atoms with Crippen molar-refractivity contribution < 1.29 is 10.0 Å². The van der Waals surface area contributed by atoms with Crippen LogP contribution in [0.25, 0.3) is 0 Å². The first-order valence-corrected chi connectivity index (χ1v) is 5.63. The lowest BCUT2D eigenvalue weighted by molar-refractivity contribution is -0.384. The Hall–Kier alpha value is -1.96. The predicted octanol–water partition coefficient (Wildman–Crippen LogP) is 0.318. The second kappa shape index (κ2) is 4.37. The number of anilines is 2. The molecule has 1 aliphatic rings. The Bertz CT molecular complexity index is 467. The molecule has 0 saturated carbocycles. The second-order valence-corrected chi connectivity index (χ2v) is 4.68. The van der Waals surface area contributed by atoms with Crippen LogP contribution in [0.3, 0.4) is 0 Å². The number of nitrogen functional groups attached to an aromatic ring is 1. The van der Waals surface area contributed by atoms with Crippen LogP contribution in [0, 0.1) is 10.1 Å². The monoisotopic (exact) mass is 253 g/mol. The number of aliphatic hydroxyl groups is 1. The van der Waals surface area contributed by atoms with Crippen molar-refractivity contribution in [2.24, 2.45) is 0 Å². The van der Waals surface area contributed by atoms with Gasteiger partial charge < -0.3 is 15.7 Å². The van der Waals surface area contributed by atoms with Gasteiger partial charge in [-0.2, -0.15) is 4.98 Å². The quantitative estimate of drug-likeness (QED) is 0.575. The van der Waals surface area contributed by atoms with Gasteiger partial charge in [0.05, 0.1) is 10.5 Å². The molecule has 0 bridgehead atoms. The zero-order chi connectivity index (χ0) is 13.3. The third-order valence-corrected chi connectivity index (χ3v) is 3.11. The molecule has 0 aromatic carbocycles. The first-order valence-electron chi connectivity index (χ1n) is 5.63. The molecule has 2 heterocycles. The van der Waals surface area contributed by atoms with Crippen LogP contribution in [0.4, 0.5) is 17.5 Å². The molecule has 1 aliphatic heterocycles. The Balaban J connectivity index is 2.28. The number of hydrogen-bond donors (Lipinski definition) is 2. The minimum absolute atomic E-state index is 0.00735. The maximum atomic E-state index is 10.9. The molecule has 2 rings (SSSR count). The van der Waals surface area contributed by atoms with E-state index in [1.54, 1.807) is 11.8 Å². The molecule has 1 fully saturated rings. The number of aromatic nitrogens is 2.